The Kier molecular flexibility index (Phi) is 5.64. The fourth-order valence-corrected chi connectivity index (χ4v) is 5.26. The Balaban J connectivity index is 1.63. The average Bonchev–Trinajstić information content (AvgIpc) is 3.10. The number of rotatable bonds is 4. The van der Waals surface area contributed by atoms with Crippen molar-refractivity contribution in [2.75, 3.05) is 31.2 Å². The van der Waals surface area contributed by atoms with Gasteiger partial charge in [-0.3, -0.25) is 4.79 Å². The highest BCUT2D eigenvalue weighted by atomic mass is 32.1. The van der Waals surface area contributed by atoms with Crippen molar-refractivity contribution in [1.29, 1.82) is 0 Å². The molecule has 4 rings (SSSR count). The standard InChI is InChI=1S/C21H25FN2O3S/c1-13-23-19(17-7-4-15(22)12-18(17)21(25)26)20(28-13)14-2-5-16(6-3-14)24-8-10-27-11-9-24/h2-3,5-6,15,17-18H,4,7-12H2,1H3,(H,25,26). The van der Waals surface area contributed by atoms with Crippen molar-refractivity contribution in [3.63, 3.8) is 0 Å². The van der Waals surface area contributed by atoms with Crippen LogP contribution in [-0.4, -0.2) is 48.5 Å². The normalized spacial score (nSPS) is 25.6. The molecular weight excluding hydrogens is 379 g/mol. The van der Waals surface area contributed by atoms with E-state index < -0.39 is 18.1 Å². The summed E-state index contributed by atoms with van der Waals surface area (Å²) in [5.41, 5.74) is 3.03. The number of anilines is 1. The lowest BCUT2D eigenvalue weighted by Crippen LogP contribution is -2.36. The van der Waals surface area contributed by atoms with E-state index in [0.29, 0.717) is 12.8 Å². The molecule has 1 aromatic heterocycles. The minimum Gasteiger partial charge on any atom is -0.481 e. The number of hydrogen-bond acceptors (Lipinski definition) is 5. The number of carbonyl (C=O) groups is 1. The van der Waals surface area contributed by atoms with Gasteiger partial charge in [-0.25, -0.2) is 9.37 Å². The third kappa shape index (κ3) is 3.91. The molecule has 1 saturated carbocycles. The first-order chi connectivity index (χ1) is 13.5. The van der Waals surface area contributed by atoms with Crippen molar-refractivity contribution in [2.45, 2.75) is 38.3 Å². The van der Waals surface area contributed by atoms with Crippen LogP contribution in [0.15, 0.2) is 24.3 Å². The second-order valence-electron chi connectivity index (χ2n) is 7.56. The average molecular weight is 405 g/mol. The predicted molar refractivity (Wildman–Crippen MR) is 108 cm³/mol. The molecule has 150 valence electrons. The molecule has 28 heavy (non-hydrogen) atoms. The first kappa shape index (κ1) is 19.3. The molecule has 5 nitrogen and oxygen atoms in total. The molecule has 1 saturated heterocycles. The maximum atomic E-state index is 13.8. The van der Waals surface area contributed by atoms with E-state index in [-0.39, 0.29) is 12.3 Å². The Morgan fingerprint density at radius 1 is 1.25 bits per heavy atom. The van der Waals surface area contributed by atoms with Crippen molar-refractivity contribution in [1.82, 2.24) is 4.98 Å². The van der Waals surface area contributed by atoms with Crippen LogP contribution in [0.2, 0.25) is 0 Å². The molecule has 0 spiro atoms. The number of carboxylic acid groups (broad SMARTS) is 1. The fourth-order valence-electron chi connectivity index (χ4n) is 4.27. The number of nitrogens with zero attached hydrogens (tertiary/aromatic N) is 2. The van der Waals surface area contributed by atoms with Gasteiger partial charge in [0.05, 0.1) is 34.7 Å². The Labute approximate surface area is 168 Å². The molecule has 3 atom stereocenters. The van der Waals surface area contributed by atoms with Crippen LogP contribution in [0.5, 0.6) is 0 Å². The van der Waals surface area contributed by atoms with Gasteiger partial charge in [0.15, 0.2) is 0 Å². The number of aliphatic carboxylic acids is 1. The molecule has 1 aromatic carbocycles. The lowest BCUT2D eigenvalue weighted by Gasteiger charge is -2.30. The Morgan fingerprint density at radius 2 is 1.96 bits per heavy atom. The van der Waals surface area contributed by atoms with E-state index in [1.165, 1.54) is 0 Å². The second-order valence-corrected chi connectivity index (χ2v) is 8.76. The quantitative estimate of drug-likeness (QED) is 0.825. The van der Waals surface area contributed by atoms with Gasteiger partial charge in [0, 0.05) is 24.7 Å². The zero-order chi connectivity index (χ0) is 19.7. The number of ether oxygens (including phenoxy) is 1. The highest BCUT2D eigenvalue weighted by molar-refractivity contribution is 7.15. The van der Waals surface area contributed by atoms with Crippen LogP contribution in [0.4, 0.5) is 10.1 Å². The van der Waals surface area contributed by atoms with Crippen molar-refractivity contribution < 1.29 is 19.0 Å². The van der Waals surface area contributed by atoms with Gasteiger partial charge < -0.3 is 14.7 Å². The van der Waals surface area contributed by atoms with E-state index in [2.05, 4.69) is 34.1 Å². The molecule has 7 heteroatoms. The zero-order valence-electron chi connectivity index (χ0n) is 15.9. The molecule has 0 radical (unpaired) electrons. The number of carboxylic acids is 1. The summed E-state index contributed by atoms with van der Waals surface area (Å²) in [7, 11) is 0. The van der Waals surface area contributed by atoms with Crippen LogP contribution >= 0.6 is 11.3 Å². The van der Waals surface area contributed by atoms with Crippen LogP contribution < -0.4 is 4.90 Å². The van der Waals surface area contributed by atoms with Gasteiger partial charge in [0.1, 0.15) is 6.17 Å². The van der Waals surface area contributed by atoms with E-state index in [1.807, 2.05) is 6.92 Å². The maximum Gasteiger partial charge on any atom is 0.307 e. The lowest BCUT2D eigenvalue weighted by molar-refractivity contribution is -0.144. The molecule has 2 fully saturated rings. The first-order valence-corrected chi connectivity index (χ1v) is 10.6. The van der Waals surface area contributed by atoms with Crippen LogP contribution in [0.3, 0.4) is 0 Å². The zero-order valence-corrected chi connectivity index (χ0v) is 16.8. The van der Waals surface area contributed by atoms with Gasteiger partial charge in [-0.05, 0) is 43.9 Å². The molecule has 2 aliphatic rings. The van der Waals surface area contributed by atoms with Crippen molar-refractivity contribution in [3.05, 3.63) is 35.0 Å². The van der Waals surface area contributed by atoms with Gasteiger partial charge in [-0.15, -0.1) is 11.3 Å². The third-order valence-corrected chi connectivity index (χ3v) is 6.76. The van der Waals surface area contributed by atoms with Crippen molar-refractivity contribution in [3.8, 4) is 10.4 Å². The molecule has 1 N–H and O–H groups in total. The number of benzene rings is 1. The fraction of sp³-hybridized carbons (Fsp3) is 0.524. The van der Waals surface area contributed by atoms with Crippen LogP contribution in [0, 0.1) is 12.8 Å². The van der Waals surface area contributed by atoms with Gasteiger partial charge in [-0.2, -0.15) is 0 Å². The van der Waals surface area contributed by atoms with Crippen LogP contribution in [0.25, 0.3) is 10.4 Å². The van der Waals surface area contributed by atoms with Gasteiger partial charge >= 0.3 is 5.97 Å². The minimum atomic E-state index is -1.03. The summed E-state index contributed by atoms with van der Waals surface area (Å²) in [6.45, 7) is 5.20. The molecule has 1 aliphatic heterocycles. The Hall–Kier alpha value is -1.99. The summed E-state index contributed by atoms with van der Waals surface area (Å²) in [6, 6.07) is 8.37. The van der Waals surface area contributed by atoms with Gasteiger partial charge in [0.2, 0.25) is 0 Å². The van der Waals surface area contributed by atoms with Crippen molar-refractivity contribution in [2.24, 2.45) is 5.92 Å². The lowest BCUT2D eigenvalue weighted by atomic mass is 9.76. The number of alkyl halides is 1. The molecule has 2 aromatic rings. The first-order valence-electron chi connectivity index (χ1n) is 9.80. The SMILES string of the molecule is Cc1nc(C2CCC(F)CC2C(=O)O)c(-c2ccc(N3CCOCC3)cc2)s1. The number of hydrogen-bond donors (Lipinski definition) is 1. The van der Waals surface area contributed by atoms with Crippen molar-refractivity contribution >= 4 is 23.0 Å². The summed E-state index contributed by atoms with van der Waals surface area (Å²) in [4.78, 5) is 19.8. The molecule has 2 heterocycles. The molecule has 1 aliphatic carbocycles. The summed E-state index contributed by atoms with van der Waals surface area (Å²) < 4.78 is 19.3. The summed E-state index contributed by atoms with van der Waals surface area (Å²) in [6.07, 6.45) is -0.0274. The van der Waals surface area contributed by atoms with Gasteiger partial charge in [-0.1, -0.05) is 12.1 Å². The van der Waals surface area contributed by atoms with E-state index in [1.54, 1.807) is 11.3 Å². The van der Waals surface area contributed by atoms with Crippen LogP contribution in [-0.2, 0) is 9.53 Å². The summed E-state index contributed by atoms with van der Waals surface area (Å²) >= 11 is 1.59. The number of halogens is 1. The van der Waals surface area contributed by atoms with E-state index in [4.69, 9.17) is 4.74 Å². The number of aryl methyl sites for hydroxylation is 1. The van der Waals surface area contributed by atoms with E-state index in [9.17, 15) is 14.3 Å². The largest absolute Gasteiger partial charge is 0.481 e. The number of morpholine rings is 1. The smallest absolute Gasteiger partial charge is 0.307 e. The highest BCUT2D eigenvalue weighted by Crippen LogP contribution is 2.44. The van der Waals surface area contributed by atoms with E-state index >= 15 is 0 Å². The summed E-state index contributed by atoms with van der Waals surface area (Å²) in [5.74, 6) is -1.87. The summed E-state index contributed by atoms with van der Waals surface area (Å²) in [5, 5.41) is 10.5. The molecule has 3 unspecified atom stereocenters. The maximum absolute atomic E-state index is 13.8. The Morgan fingerprint density at radius 3 is 2.64 bits per heavy atom. The number of aromatic nitrogens is 1. The minimum absolute atomic E-state index is 0.0754. The van der Waals surface area contributed by atoms with Gasteiger partial charge in [0.25, 0.3) is 0 Å². The van der Waals surface area contributed by atoms with E-state index in [0.717, 1.165) is 53.1 Å². The second kappa shape index (κ2) is 8.17. The Bertz CT molecular complexity index is 833. The number of thiazole rings is 1. The molecule has 0 amide bonds. The van der Waals surface area contributed by atoms with Crippen LogP contribution in [0.1, 0.15) is 35.9 Å². The molecular formula is C21H25FN2O3S. The highest BCUT2D eigenvalue weighted by Gasteiger charge is 2.38. The molecule has 0 bridgehead atoms. The monoisotopic (exact) mass is 404 g/mol. The predicted octanol–water partition coefficient (Wildman–Crippen LogP) is 4.26. The third-order valence-electron chi connectivity index (χ3n) is 5.72. The topological polar surface area (TPSA) is 62.7 Å².